The van der Waals surface area contributed by atoms with Crippen molar-refractivity contribution in [1.82, 2.24) is 10.2 Å². The predicted octanol–water partition coefficient (Wildman–Crippen LogP) is 6.41. The highest BCUT2D eigenvalue weighted by molar-refractivity contribution is 7.92. The Morgan fingerprint density at radius 2 is 1.55 bits per heavy atom. The quantitative estimate of drug-likeness (QED) is 0.266. The van der Waals surface area contributed by atoms with Crippen LogP contribution in [0.5, 0.6) is 0 Å². The maximum absolute atomic E-state index is 14.1. The maximum Gasteiger partial charge on any atom is 0.264 e. The van der Waals surface area contributed by atoms with Gasteiger partial charge in [0, 0.05) is 22.6 Å². The van der Waals surface area contributed by atoms with Crippen LogP contribution < -0.4 is 9.62 Å². The third kappa shape index (κ3) is 8.27. The second kappa shape index (κ2) is 14.4. The number of halogens is 2. The molecule has 2 amide bonds. The van der Waals surface area contributed by atoms with Crippen LogP contribution in [0, 0.1) is 6.92 Å². The minimum Gasteiger partial charge on any atom is -0.352 e. The van der Waals surface area contributed by atoms with Crippen LogP contribution in [0.4, 0.5) is 5.69 Å². The number of rotatable bonds is 11. The normalized spacial score (nSPS) is 14.7. The first kappa shape index (κ1) is 31.9. The van der Waals surface area contributed by atoms with Crippen molar-refractivity contribution >= 4 is 50.7 Å². The van der Waals surface area contributed by atoms with E-state index in [1.54, 1.807) is 19.1 Å². The lowest BCUT2D eigenvalue weighted by molar-refractivity contribution is -0.139. The summed E-state index contributed by atoms with van der Waals surface area (Å²) < 4.78 is 28.9. The smallest absolute Gasteiger partial charge is 0.264 e. The molecule has 0 bridgehead atoms. The first-order valence-electron chi connectivity index (χ1n) is 14.2. The number of hydrogen-bond donors (Lipinski definition) is 1. The van der Waals surface area contributed by atoms with Crippen LogP contribution in [-0.2, 0) is 26.0 Å². The van der Waals surface area contributed by atoms with Crippen LogP contribution in [0.2, 0.25) is 10.0 Å². The van der Waals surface area contributed by atoms with E-state index in [9.17, 15) is 18.0 Å². The molecule has 1 fully saturated rings. The van der Waals surface area contributed by atoms with Crippen molar-refractivity contribution in [2.45, 2.75) is 69.4 Å². The third-order valence-corrected chi connectivity index (χ3v) is 9.85. The Bertz CT molecular complexity index is 1460. The molecule has 0 aliphatic heterocycles. The Balaban J connectivity index is 1.66. The highest BCUT2D eigenvalue weighted by Gasteiger charge is 2.33. The summed E-state index contributed by atoms with van der Waals surface area (Å²) in [5, 5.41) is 3.58. The molecule has 10 heteroatoms. The zero-order chi connectivity index (χ0) is 30.3. The largest absolute Gasteiger partial charge is 0.352 e. The van der Waals surface area contributed by atoms with E-state index in [4.69, 9.17) is 23.2 Å². The van der Waals surface area contributed by atoms with E-state index in [0.717, 1.165) is 47.5 Å². The fraction of sp³-hybridized carbons (Fsp3) is 0.375. The molecule has 1 N–H and O–H groups in total. The molecule has 0 radical (unpaired) electrons. The lowest BCUT2D eigenvalue weighted by atomic mass is 9.95. The maximum atomic E-state index is 14.1. The SMILES string of the molecule is Cc1ccc(S(=O)(=O)N(CC(=O)N(CCc2ccccc2)C(C)C(=O)NC2CCCCC2)c2cc(Cl)cc(Cl)c2)cc1. The van der Waals surface area contributed by atoms with Gasteiger partial charge in [-0.3, -0.25) is 13.9 Å². The predicted molar refractivity (Wildman–Crippen MR) is 169 cm³/mol. The van der Waals surface area contributed by atoms with Crippen molar-refractivity contribution in [1.29, 1.82) is 0 Å². The van der Waals surface area contributed by atoms with Crippen LogP contribution in [-0.4, -0.2) is 50.3 Å². The highest BCUT2D eigenvalue weighted by atomic mass is 35.5. The molecular formula is C32H37Cl2N3O4S. The van der Waals surface area contributed by atoms with Crippen LogP contribution >= 0.6 is 23.2 Å². The standard InChI is InChI=1S/C32H37Cl2N3O4S/c1-23-13-15-30(16-14-23)42(40,41)37(29-20-26(33)19-27(34)21-29)22-31(38)36(18-17-25-9-5-3-6-10-25)24(2)32(39)35-28-11-7-4-8-12-28/h3,5-6,9-10,13-16,19-21,24,28H,4,7-8,11-12,17-18,22H2,1-2H3,(H,35,39). The van der Waals surface area contributed by atoms with Crippen molar-refractivity contribution in [2.24, 2.45) is 0 Å². The zero-order valence-electron chi connectivity index (χ0n) is 23.9. The summed E-state index contributed by atoms with van der Waals surface area (Å²) in [4.78, 5) is 28.9. The topological polar surface area (TPSA) is 86.8 Å². The summed E-state index contributed by atoms with van der Waals surface area (Å²) in [7, 11) is -4.20. The summed E-state index contributed by atoms with van der Waals surface area (Å²) >= 11 is 12.5. The molecule has 0 spiro atoms. The minimum absolute atomic E-state index is 0.0240. The van der Waals surface area contributed by atoms with Gasteiger partial charge >= 0.3 is 0 Å². The molecule has 224 valence electrons. The van der Waals surface area contributed by atoms with Gasteiger partial charge in [0.2, 0.25) is 11.8 Å². The lowest BCUT2D eigenvalue weighted by Crippen LogP contribution is -2.53. The van der Waals surface area contributed by atoms with E-state index < -0.39 is 28.5 Å². The van der Waals surface area contributed by atoms with Gasteiger partial charge < -0.3 is 10.2 Å². The summed E-state index contributed by atoms with van der Waals surface area (Å²) in [6, 6.07) is 19.7. The second-order valence-electron chi connectivity index (χ2n) is 10.8. The Labute approximate surface area is 258 Å². The number of carbonyl (C=O) groups excluding carboxylic acids is 2. The molecule has 3 aromatic rings. The van der Waals surface area contributed by atoms with E-state index in [1.807, 2.05) is 37.3 Å². The van der Waals surface area contributed by atoms with Crippen LogP contribution in [0.15, 0.2) is 77.7 Å². The van der Waals surface area contributed by atoms with Crippen molar-refractivity contribution in [3.63, 3.8) is 0 Å². The van der Waals surface area contributed by atoms with Gasteiger partial charge in [-0.25, -0.2) is 8.42 Å². The molecule has 1 aliphatic carbocycles. The Hall–Kier alpha value is -3.07. The molecule has 4 rings (SSSR count). The first-order valence-corrected chi connectivity index (χ1v) is 16.4. The van der Waals surface area contributed by atoms with Gasteiger partial charge in [0.25, 0.3) is 10.0 Å². The molecule has 0 heterocycles. The second-order valence-corrected chi connectivity index (χ2v) is 13.5. The molecule has 3 aromatic carbocycles. The molecule has 42 heavy (non-hydrogen) atoms. The summed E-state index contributed by atoms with van der Waals surface area (Å²) in [5.74, 6) is -0.758. The fourth-order valence-corrected chi connectivity index (χ4v) is 7.10. The number of aryl methyl sites for hydroxylation is 1. The van der Waals surface area contributed by atoms with Gasteiger partial charge in [0.05, 0.1) is 10.6 Å². The number of carbonyl (C=O) groups is 2. The van der Waals surface area contributed by atoms with Gasteiger partial charge in [0.15, 0.2) is 0 Å². The van der Waals surface area contributed by atoms with Crippen molar-refractivity contribution in [2.75, 3.05) is 17.4 Å². The van der Waals surface area contributed by atoms with Crippen LogP contribution in [0.25, 0.3) is 0 Å². The number of amides is 2. The number of hydrogen-bond acceptors (Lipinski definition) is 4. The van der Waals surface area contributed by atoms with Gasteiger partial charge in [0.1, 0.15) is 12.6 Å². The van der Waals surface area contributed by atoms with Gasteiger partial charge in [-0.15, -0.1) is 0 Å². The van der Waals surface area contributed by atoms with Gasteiger partial charge in [-0.05, 0) is 69.0 Å². The zero-order valence-corrected chi connectivity index (χ0v) is 26.3. The van der Waals surface area contributed by atoms with Gasteiger partial charge in [-0.2, -0.15) is 0 Å². The molecule has 1 saturated carbocycles. The molecular weight excluding hydrogens is 593 g/mol. The van der Waals surface area contributed by atoms with Crippen molar-refractivity contribution < 1.29 is 18.0 Å². The van der Waals surface area contributed by atoms with Gasteiger partial charge in [-0.1, -0.05) is 90.5 Å². The molecule has 0 saturated heterocycles. The average Bonchev–Trinajstić information content (AvgIpc) is 2.96. The summed E-state index contributed by atoms with van der Waals surface area (Å²) in [6.45, 7) is 3.24. The lowest BCUT2D eigenvalue weighted by Gasteiger charge is -2.33. The van der Waals surface area contributed by atoms with Crippen LogP contribution in [0.3, 0.4) is 0 Å². The number of nitrogens with zero attached hydrogens (tertiary/aromatic N) is 2. The fourth-order valence-electron chi connectivity index (χ4n) is 5.19. The Morgan fingerprint density at radius 1 is 0.929 bits per heavy atom. The Kier molecular flexibility index (Phi) is 10.9. The number of anilines is 1. The Morgan fingerprint density at radius 3 is 2.17 bits per heavy atom. The van der Waals surface area contributed by atoms with E-state index in [2.05, 4.69) is 5.32 Å². The molecule has 0 aromatic heterocycles. The van der Waals surface area contributed by atoms with Crippen molar-refractivity contribution in [3.8, 4) is 0 Å². The van der Waals surface area contributed by atoms with Crippen molar-refractivity contribution in [3.05, 3.63) is 94.0 Å². The van der Waals surface area contributed by atoms with E-state index in [-0.39, 0.29) is 39.1 Å². The third-order valence-electron chi connectivity index (χ3n) is 7.63. The first-order chi connectivity index (χ1) is 20.0. The highest BCUT2D eigenvalue weighted by Crippen LogP contribution is 2.30. The minimum atomic E-state index is -4.20. The molecule has 7 nitrogen and oxygen atoms in total. The average molecular weight is 631 g/mol. The molecule has 1 atom stereocenters. The van der Waals surface area contributed by atoms with E-state index in [1.165, 1.54) is 35.2 Å². The monoisotopic (exact) mass is 629 g/mol. The van der Waals surface area contributed by atoms with E-state index >= 15 is 0 Å². The number of benzene rings is 3. The molecule has 1 aliphatic rings. The van der Waals surface area contributed by atoms with E-state index in [0.29, 0.717) is 6.42 Å². The van der Waals surface area contributed by atoms with Crippen LogP contribution in [0.1, 0.15) is 50.2 Å². The number of sulfonamides is 1. The summed E-state index contributed by atoms with van der Waals surface area (Å²) in [5.41, 5.74) is 2.05. The molecule has 1 unspecified atom stereocenters. The summed E-state index contributed by atoms with van der Waals surface area (Å²) in [6.07, 6.45) is 5.60. The number of nitrogens with one attached hydrogen (secondary N) is 1.